The quantitative estimate of drug-likeness (QED) is 0.446. The molecule has 31 heavy (non-hydrogen) atoms. The second-order valence-corrected chi connectivity index (χ2v) is 8.85. The Labute approximate surface area is 182 Å². The summed E-state index contributed by atoms with van der Waals surface area (Å²) in [5.41, 5.74) is 6.69. The molecule has 0 spiro atoms. The van der Waals surface area contributed by atoms with Gasteiger partial charge in [-0.25, -0.2) is 0 Å². The highest BCUT2D eigenvalue weighted by atomic mass is 16.1. The minimum Gasteiger partial charge on any atom is -0.338 e. The zero-order valence-electron chi connectivity index (χ0n) is 17.6. The number of benzene rings is 3. The molecule has 0 aliphatic carbocycles. The van der Waals surface area contributed by atoms with Crippen molar-refractivity contribution < 1.29 is 4.79 Å². The molecule has 1 aromatic heterocycles. The van der Waals surface area contributed by atoms with Gasteiger partial charge in [-0.1, -0.05) is 78.9 Å². The van der Waals surface area contributed by atoms with Crippen LogP contribution in [0.1, 0.15) is 41.3 Å². The number of carbonyl (C=O) groups is 1. The van der Waals surface area contributed by atoms with Crippen LogP contribution in [0.5, 0.6) is 0 Å². The third kappa shape index (κ3) is 3.12. The molecule has 0 saturated carbocycles. The van der Waals surface area contributed by atoms with Gasteiger partial charge in [0.15, 0.2) is 0 Å². The Kier molecular flexibility index (Phi) is 4.50. The monoisotopic (exact) mass is 406 g/mol. The SMILES string of the molecule is O=C1CC[C@@H]2c3c(c4ccccc4n3Cc3ccccc3)C[C@H]1N2Cc1ccccc1. The van der Waals surface area contributed by atoms with Crippen LogP contribution in [-0.4, -0.2) is 21.3 Å². The number of carbonyl (C=O) groups excluding carboxylic acids is 1. The van der Waals surface area contributed by atoms with Gasteiger partial charge in [0.25, 0.3) is 0 Å². The fourth-order valence-electron chi connectivity index (χ4n) is 5.67. The zero-order chi connectivity index (χ0) is 20.8. The summed E-state index contributed by atoms with van der Waals surface area (Å²) >= 11 is 0. The lowest BCUT2D eigenvalue weighted by atomic mass is 9.81. The molecule has 3 nitrogen and oxygen atoms in total. The van der Waals surface area contributed by atoms with Crippen molar-refractivity contribution in [1.29, 1.82) is 0 Å². The molecular formula is C28H26N2O. The maximum Gasteiger partial charge on any atom is 0.150 e. The predicted octanol–water partition coefficient (Wildman–Crippen LogP) is 5.52. The van der Waals surface area contributed by atoms with Crippen LogP contribution in [0.2, 0.25) is 0 Å². The number of Topliss-reactive ketones (excluding diaryl/α,β-unsaturated/α-hetero) is 1. The molecular weight excluding hydrogens is 380 g/mol. The third-order valence-electron chi connectivity index (χ3n) is 7.06. The first-order valence-electron chi connectivity index (χ1n) is 11.3. The number of aromatic nitrogens is 1. The fourth-order valence-corrected chi connectivity index (χ4v) is 5.67. The zero-order valence-corrected chi connectivity index (χ0v) is 17.6. The second kappa shape index (κ2) is 7.51. The lowest BCUT2D eigenvalue weighted by Gasteiger charge is -2.45. The third-order valence-corrected chi connectivity index (χ3v) is 7.06. The Hall–Kier alpha value is -3.17. The summed E-state index contributed by atoms with van der Waals surface area (Å²) in [6.45, 7) is 1.69. The number of fused-ring (bicyclic) bond motifs is 6. The number of hydrogen-bond acceptors (Lipinski definition) is 2. The first-order valence-corrected chi connectivity index (χ1v) is 11.3. The minimum absolute atomic E-state index is 0.0116. The topological polar surface area (TPSA) is 25.2 Å². The largest absolute Gasteiger partial charge is 0.338 e. The van der Waals surface area contributed by atoms with Crippen LogP contribution in [0.4, 0.5) is 0 Å². The Morgan fingerprint density at radius 2 is 1.39 bits per heavy atom. The van der Waals surface area contributed by atoms with Gasteiger partial charge in [0, 0.05) is 36.1 Å². The lowest BCUT2D eigenvalue weighted by Crippen LogP contribution is -2.51. The van der Waals surface area contributed by atoms with Crippen molar-refractivity contribution in [1.82, 2.24) is 9.47 Å². The van der Waals surface area contributed by atoms with Crippen LogP contribution < -0.4 is 0 Å². The highest BCUT2D eigenvalue weighted by molar-refractivity contribution is 5.91. The summed E-state index contributed by atoms with van der Waals surface area (Å²) in [7, 11) is 0. The van der Waals surface area contributed by atoms with Gasteiger partial charge in [-0.05, 0) is 35.6 Å². The van der Waals surface area contributed by atoms with Gasteiger partial charge >= 0.3 is 0 Å². The molecule has 0 amide bonds. The summed E-state index contributed by atoms with van der Waals surface area (Å²) in [4.78, 5) is 15.5. The molecule has 3 heteroatoms. The second-order valence-electron chi connectivity index (χ2n) is 8.85. The summed E-state index contributed by atoms with van der Waals surface area (Å²) in [6.07, 6.45) is 2.41. The number of rotatable bonds is 4. The van der Waals surface area contributed by atoms with Crippen molar-refractivity contribution in [3.05, 3.63) is 107 Å². The smallest absolute Gasteiger partial charge is 0.150 e. The van der Waals surface area contributed by atoms with Gasteiger partial charge in [0.05, 0.1) is 12.1 Å². The molecule has 154 valence electrons. The van der Waals surface area contributed by atoms with Crippen molar-refractivity contribution >= 4 is 16.7 Å². The van der Waals surface area contributed by atoms with E-state index >= 15 is 0 Å². The molecule has 1 saturated heterocycles. The van der Waals surface area contributed by atoms with Crippen LogP contribution in [0, 0.1) is 0 Å². The van der Waals surface area contributed by atoms with E-state index in [0.717, 1.165) is 25.9 Å². The van der Waals surface area contributed by atoms with Gasteiger partial charge in [-0.3, -0.25) is 9.69 Å². The summed E-state index contributed by atoms with van der Waals surface area (Å²) < 4.78 is 2.52. The van der Waals surface area contributed by atoms with E-state index in [9.17, 15) is 4.79 Å². The number of hydrogen-bond donors (Lipinski definition) is 0. The normalized spacial score (nSPS) is 20.7. The van der Waals surface area contributed by atoms with E-state index in [1.807, 2.05) is 0 Å². The van der Waals surface area contributed by atoms with E-state index in [2.05, 4.69) is 94.4 Å². The van der Waals surface area contributed by atoms with Crippen molar-refractivity contribution in [2.45, 2.75) is 44.4 Å². The lowest BCUT2D eigenvalue weighted by molar-refractivity contribution is -0.130. The minimum atomic E-state index is -0.0116. The molecule has 4 aromatic rings. The molecule has 2 atom stereocenters. The number of piperidine rings is 1. The molecule has 6 rings (SSSR count). The Morgan fingerprint density at radius 1 is 0.742 bits per heavy atom. The van der Waals surface area contributed by atoms with Gasteiger partial charge in [0.2, 0.25) is 0 Å². The molecule has 0 N–H and O–H groups in total. The van der Waals surface area contributed by atoms with Crippen LogP contribution in [0.15, 0.2) is 84.9 Å². The first-order chi connectivity index (χ1) is 15.3. The maximum atomic E-state index is 13.0. The Bertz CT molecular complexity index is 1240. The van der Waals surface area contributed by atoms with E-state index in [1.165, 1.54) is 33.3 Å². The molecule has 3 heterocycles. The summed E-state index contributed by atoms with van der Waals surface area (Å²) in [5, 5.41) is 1.32. The average Bonchev–Trinajstić information content (AvgIpc) is 3.11. The van der Waals surface area contributed by atoms with E-state index in [1.54, 1.807) is 0 Å². The van der Waals surface area contributed by atoms with Crippen LogP contribution in [0.3, 0.4) is 0 Å². The average molecular weight is 407 g/mol. The molecule has 3 aromatic carbocycles. The van der Waals surface area contributed by atoms with Gasteiger partial charge in [-0.15, -0.1) is 0 Å². The van der Waals surface area contributed by atoms with Crippen LogP contribution in [-0.2, 0) is 24.3 Å². The van der Waals surface area contributed by atoms with Crippen molar-refractivity contribution in [3.63, 3.8) is 0 Å². The van der Waals surface area contributed by atoms with E-state index in [4.69, 9.17) is 0 Å². The number of nitrogens with zero attached hydrogens (tertiary/aromatic N) is 2. The van der Waals surface area contributed by atoms with Crippen LogP contribution >= 0.6 is 0 Å². The van der Waals surface area contributed by atoms with E-state index < -0.39 is 0 Å². The summed E-state index contributed by atoms with van der Waals surface area (Å²) in [6, 6.07) is 30.3. The van der Waals surface area contributed by atoms with E-state index in [-0.39, 0.29) is 12.1 Å². The Morgan fingerprint density at radius 3 is 2.13 bits per heavy atom. The highest BCUT2D eigenvalue weighted by Gasteiger charge is 2.44. The van der Waals surface area contributed by atoms with Crippen molar-refractivity contribution in [3.8, 4) is 0 Å². The molecule has 2 bridgehead atoms. The number of para-hydroxylation sites is 1. The van der Waals surface area contributed by atoms with Crippen molar-refractivity contribution in [2.75, 3.05) is 0 Å². The van der Waals surface area contributed by atoms with Gasteiger partial charge < -0.3 is 4.57 Å². The Balaban J connectivity index is 1.50. The van der Waals surface area contributed by atoms with Crippen molar-refractivity contribution in [2.24, 2.45) is 0 Å². The highest BCUT2D eigenvalue weighted by Crippen LogP contribution is 2.45. The van der Waals surface area contributed by atoms with Gasteiger partial charge in [0.1, 0.15) is 5.78 Å². The predicted molar refractivity (Wildman–Crippen MR) is 124 cm³/mol. The molecule has 1 fully saturated rings. The van der Waals surface area contributed by atoms with E-state index in [0.29, 0.717) is 12.2 Å². The molecule has 2 aliphatic heterocycles. The maximum absolute atomic E-state index is 13.0. The fraction of sp³-hybridized carbons (Fsp3) is 0.250. The first kappa shape index (κ1) is 18.6. The summed E-state index contributed by atoms with van der Waals surface area (Å²) in [5.74, 6) is 0.401. The molecule has 2 aliphatic rings. The number of ketones is 1. The van der Waals surface area contributed by atoms with Crippen LogP contribution in [0.25, 0.3) is 10.9 Å². The molecule has 0 unspecified atom stereocenters. The standard InChI is InChI=1S/C28H26N2O/c31-27-16-15-25-28-23(17-26(27)29(25)18-20-9-3-1-4-10-20)22-13-7-8-14-24(22)30(28)19-21-11-5-2-6-12-21/h1-14,25-26H,15-19H2/t25-,26-/m1/s1. The molecule has 0 radical (unpaired) electrons. The van der Waals surface area contributed by atoms with Gasteiger partial charge in [-0.2, -0.15) is 0 Å².